The second-order valence-electron chi connectivity index (χ2n) is 6.78. The number of amides is 3. The average Bonchev–Trinajstić information content (AvgIpc) is 3.02. The molecule has 8 nitrogen and oxygen atoms in total. The summed E-state index contributed by atoms with van der Waals surface area (Å²) in [7, 11) is 0. The van der Waals surface area contributed by atoms with Gasteiger partial charge in [-0.15, -0.1) is 10.2 Å². The van der Waals surface area contributed by atoms with E-state index in [9.17, 15) is 9.59 Å². The van der Waals surface area contributed by atoms with Gasteiger partial charge in [0.1, 0.15) is 5.75 Å². The highest BCUT2D eigenvalue weighted by Gasteiger charge is 2.22. The molecule has 9 heteroatoms. The van der Waals surface area contributed by atoms with Gasteiger partial charge in [0.2, 0.25) is 11.8 Å². The van der Waals surface area contributed by atoms with Crippen LogP contribution in [0.5, 0.6) is 5.75 Å². The second-order valence-corrected chi connectivity index (χ2v) is 8.08. The molecule has 0 unspecified atom stereocenters. The third-order valence-electron chi connectivity index (χ3n) is 3.19. The molecular weight excluding hydrogens is 368 g/mol. The first-order chi connectivity index (χ1) is 12.7. The number of nitrogens with one attached hydrogen (secondary N) is 2. The predicted octanol–water partition coefficient (Wildman–Crippen LogP) is 3.24. The Kier molecular flexibility index (Phi) is 6.84. The van der Waals surface area contributed by atoms with E-state index in [0.29, 0.717) is 12.5 Å². The molecule has 0 radical (unpaired) electrons. The first-order valence-electron chi connectivity index (χ1n) is 8.54. The first-order valence-corrected chi connectivity index (χ1v) is 9.42. The summed E-state index contributed by atoms with van der Waals surface area (Å²) in [5, 5.41) is 12.6. The number of hydrogen-bond donors (Lipinski definition) is 2. The lowest BCUT2D eigenvalue weighted by Gasteiger charge is -2.20. The van der Waals surface area contributed by atoms with Crippen molar-refractivity contribution in [2.24, 2.45) is 0 Å². The van der Waals surface area contributed by atoms with Gasteiger partial charge in [0.05, 0.1) is 11.9 Å². The number of carbonyl (C=O) groups excluding carboxylic acids is 2. The quantitative estimate of drug-likeness (QED) is 0.727. The Balaban J connectivity index is 1.94. The molecule has 0 aliphatic heterocycles. The van der Waals surface area contributed by atoms with Crippen LogP contribution in [0, 0.1) is 0 Å². The van der Waals surface area contributed by atoms with E-state index < -0.39 is 22.7 Å². The van der Waals surface area contributed by atoms with Gasteiger partial charge in [-0.1, -0.05) is 11.8 Å². The summed E-state index contributed by atoms with van der Waals surface area (Å²) in [6.07, 6.45) is 0. The number of ether oxygens (including phenoxy) is 1. The smallest absolute Gasteiger partial charge is 0.321 e. The van der Waals surface area contributed by atoms with E-state index in [2.05, 4.69) is 20.8 Å². The fourth-order valence-corrected chi connectivity index (χ4v) is 2.71. The molecular formula is C18H24N4O4S. The molecule has 1 heterocycles. The third kappa shape index (κ3) is 6.59. The maximum Gasteiger partial charge on any atom is 0.321 e. The second kappa shape index (κ2) is 8.90. The molecule has 3 amide bonds. The highest BCUT2D eigenvalue weighted by atomic mass is 32.2. The van der Waals surface area contributed by atoms with Gasteiger partial charge in [-0.05, 0) is 58.9 Å². The number of hydrogen-bond acceptors (Lipinski definition) is 7. The van der Waals surface area contributed by atoms with Crippen molar-refractivity contribution in [1.29, 1.82) is 0 Å². The van der Waals surface area contributed by atoms with E-state index in [0.717, 1.165) is 23.1 Å². The number of imide groups is 1. The molecule has 27 heavy (non-hydrogen) atoms. The Labute approximate surface area is 162 Å². The number of urea groups is 1. The van der Waals surface area contributed by atoms with E-state index in [-0.39, 0.29) is 5.22 Å². The van der Waals surface area contributed by atoms with Crippen molar-refractivity contribution < 1.29 is 18.7 Å². The average molecular weight is 392 g/mol. The molecule has 0 aliphatic rings. The maximum atomic E-state index is 12.1. The maximum absolute atomic E-state index is 12.1. The van der Waals surface area contributed by atoms with Crippen LogP contribution in [-0.4, -0.2) is 39.5 Å². The Morgan fingerprint density at radius 3 is 2.48 bits per heavy atom. The number of thioether (sulfide) groups is 1. The Bertz CT molecular complexity index is 783. The molecule has 0 saturated heterocycles. The van der Waals surface area contributed by atoms with Crippen molar-refractivity contribution in [3.63, 3.8) is 0 Å². The summed E-state index contributed by atoms with van der Waals surface area (Å²) >= 11 is 1.08. The lowest BCUT2D eigenvalue weighted by Crippen LogP contribution is -2.49. The Morgan fingerprint density at radius 1 is 1.22 bits per heavy atom. The van der Waals surface area contributed by atoms with Gasteiger partial charge < -0.3 is 14.5 Å². The fourth-order valence-electron chi connectivity index (χ4n) is 2.02. The van der Waals surface area contributed by atoms with Crippen molar-refractivity contribution >= 4 is 23.7 Å². The Hall–Kier alpha value is -2.55. The summed E-state index contributed by atoms with van der Waals surface area (Å²) in [5.41, 5.74) is 0.319. The standard InChI is InChI=1S/C18H24N4O4S/c1-6-25-13-9-7-12(8-10-13)15-21-22-17(26-15)27-11(2)14(23)19-16(24)20-18(3,4)5/h7-11H,6H2,1-5H3,(H2,19,20,23,24)/t11-/m0/s1. The molecule has 146 valence electrons. The van der Waals surface area contributed by atoms with E-state index in [1.807, 2.05) is 52.0 Å². The summed E-state index contributed by atoms with van der Waals surface area (Å²) in [6.45, 7) is 9.65. The van der Waals surface area contributed by atoms with Crippen LogP contribution in [0.15, 0.2) is 33.9 Å². The van der Waals surface area contributed by atoms with Crippen molar-refractivity contribution in [2.45, 2.75) is 50.6 Å². The minimum absolute atomic E-state index is 0.248. The summed E-state index contributed by atoms with van der Waals surface area (Å²) in [5.74, 6) is 0.662. The zero-order valence-corrected chi connectivity index (χ0v) is 16.8. The van der Waals surface area contributed by atoms with Gasteiger partial charge in [-0.2, -0.15) is 0 Å². The van der Waals surface area contributed by atoms with Gasteiger partial charge in [0.25, 0.3) is 5.22 Å². The van der Waals surface area contributed by atoms with Crippen molar-refractivity contribution in [3.8, 4) is 17.2 Å². The Morgan fingerprint density at radius 2 is 1.89 bits per heavy atom. The molecule has 1 aromatic carbocycles. The highest BCUT2D eigenvalue weighted by Crippen LogP contribution is 2.27. The first kappa shape index (κ1) is 20.8. The minimum Gasteiger partial charge on any atom is -0.494 e. The van der Waals surface area contributed by atoms with E-state index in [1.165, 1.54) is 0 Å². The highest BCUT2D eigenvalue weighted by molar-refractivity contribution is 8.00. The topological polar surface area (TPSA) is 106 Å². The molecule has 1 atom stereocenters. The van der Waals surface area contributed by atoms with E-state index >= 15 is 0 Å². The zero-order valence-electron chi connectivity index (χ0n) is 16.0. The molecule has 0 saturated carbocycles. The SMILES string of the molecule is CCOc1ccc(-c2nnc(S[C@@H](C)C(=O)NC(=O)NC(C)(C)C)o2)cc1. The van der Waals surface area contributed by atoms with Crippen LogP contribution in [0.25, 0.3) is 11.5 Å². The number of rotatable bonds is 6. The normalized spacial score (nSPS) is 12.3. The summed E-state index contributed by atoms with van der Waals surface area (Å²) in [6, 6.07) is 6.74. The molecule has 0 fully saturated rings. The number of carbonyl (C=O) groups is 2. The molecule has 0 aliphatic carbocycles. The van der Waals surface area contributed by atoms with Crippen LogP contribution in [0.1, 0.15) is 34.6 Å². The number of benzene rings is 1. The van der Waals surface area contributed by atoms with Crippen LogP contribution in [-0.2, 0) is 4.79 Å². The summed E-state index contributed by atoms with van der Waals surface area (Å²) in [4.78, 5) is 23.9. The molecule has 1 aromatic heterocycles. The molecule has 2 aromatic rings. The fraction of sp³-hybridized carbons (Fsp3) is 0.444. The van der Waals surface area contributed by atoms with Crippen LogP contribution < -0.4 is 15.4 Å². The van der Waals surface area contributed by atoms with Crippen LogP contribution in [0.3, 0.4) is 0 Å². The monoisotopic (exact) mass is 392 g/mol. The van der Waals surface area contributed by atoms with Gasteiger partial charge in [0, 0.05) is 11.1 Å². The lowest BCUT2D eigenvalue weighted by atomic mass is 10.1. The lowest BCUT2D eigenvalue weighted by molar-refractivity contribution is -0.119. The number of aromatic nitrogens is 2. The minimum atomic E-state index is -0.579. The van der Waals surface area contributed by atoms with Crippen LogP contribution >= 0.6 is 11.8 Å². The summed E-state index contributed by atoms with van der Waals surface area (Å²) < 4.78 is 11.0. The molecule has 2 rings (SSSR count). The largest absolute Gasteiger partial charge is 0.494 e. The van der Waals surface area contributed by atoms with Crippen molar-refractivity contribution in [2.75, 3.05) is 6.61 Å². The molecule has 0 spiro atoms. The third-order valence-corrected chi connectivity index (χ3v) is 4.13. The van der Waals surface area contributed by atoms with Gasteiger partial charge in [0.15, 0.2) is 0 Å². The van der Waals surface area contributed by atoms with Crippen molar-refractivity contribution in [1.82, 2.24) is 20.8 Å². The van der Waals surface area contributed by atoms with Gasteiger partial charge in [-0.25, -0.2) is 4.79 Å². The van der Waals surface area contributed by atoms with Gasteiger partial charge >= 0.3 is 6.03 Å². The zero-order chi connectivity index (χ0) is 20.0. The molecule has 2 N–H and O–H groups in total. The van der Waals surface area contributed by atoms with Crippen LogP contribution in [0.4, 0.5) is 4.79 Å². The van der Waals surface area contributed by atoms with Crippen molar-refractivity contribution in [3.05, 3.63) is 24.3 Å². The molecule has 0 bridgehead atoms. The van der Waals surface area contributed by atoms with E-state index in [4.69, 9.17) is 9.15 Å². The van der Waals surface area contributed by atoms with Gasteiger partial charge in [-0.3, -0.25) is 10.1 Å². The van der Waals surface area contributed by atoms with Crippen LogP contribution in [0.2, 0.25) is 0 Å². The van der Waals surface area contributed by atoms with E-state index in [1.54, 1.807) is 6.92 Å². The predicted molar refractivity (Wildman–Crippen MR) is 103 cm³/mol. The number of nitrogens with zero attached hydrogens (tertiary/aromatic N) is 2.